The highest BCUT2D eigenvalue weighted by molar-refractivity contribution is 5.85. The van der Waals surface area contributed by atoms with Gasteiger partial charge in [-0.15, -0.1) is 12.4 Å². The number of H-pyrrole nitrogens is 1. The topological polar surface area (TPSA) is 93.0 Å². The minimum atomic E-state index is -0.398. The minimum Gasteiger partial charge on any atom is -0.437 e. The number of nitrogens with zero attached hydrogens (tertiary/aromatic N) is 1. The average molecular weight is 323 g/mol. The molecule has 6 nitrogen and oxygen atoms in total. The molecule has 7 heteroatoms. The third-order valence-corrected chi connectivity index (χ3v) is 3.64. The lowest BCUT2D eigenvalue weighted by atomic mass is 9.97. The van der Waals surface area contributed by atoms with Crippen LogP contribution in [-0.4, -0.2) is 16.5 Å². The number of halogens is 1. The molecule has 0 amide bonds. The van der Waals surface area contributed by atoms with E-state index in [1.807, 2.05) is 18.2 Å². The predicted octanol–water partition coefficient (Wildman–Crippen LogP) is 2.38. The third-order valence-electron chi connectivity index (χ3n) is 3.64. The van der Waals surface area contributed by atoms with Gasteiger partial charge in [-0.25, -0.2) is 4.98 Å². The number of rotatable bonds is 3. The van der Waals surface area contributed by atoms with Crippen LogP contribution in [0.5, 0.6) is 11.6 Å². The van der Waals surface area contributed by atoms with Gasteiger partial charge in [0.1, 0.15) is 5.75 Å². The maximum Gasteiger partial charge on any atom is 0.277 e. The van der Waals surface area contributed by atoms with E-state index in [1.54, 1.807) is 0 Å². The molecule has 22 heavy (non-hydrogen) atoms. The van der Waals surface area contributed by atoms with Crippen molar-refractivity contribution in [3.8, 4) is 11.6 Å². The summed E-state index contributed by atoms with van der Waals surface area (Å²) in [5.74, 6) is 0.761. The molecule has 4 N–H and O–H groups in total. The first-order valence-corrected chi connectivity index (χ1v) is 7.08. The molecule has 3 rings (SSSR count). The molecule has 2 aromatic rings. The maximum atomic E-state index is 11.4. The summed E-state index contributed by atoms with van der Waals surface area (Å²) in [4.78, 5) is 17.8. The van der Waals surface area contributed by atoms with Crippen LogP contribution in [0.15, 0.2) is 35.4 Å². The Morgan fingerprint density at radius 1 is 1.32 bits per heavy atom. The van der Waals surface area contributed by atoms with Crippen molar-refractivity contribution in [3.63, 3.8) is 0 Å². The Bertz CT molecular complexity index is 683. The summed E-state index contributed by atoms with van der Waals surface area (Å²) >= 11 is 0. The summed E-state index contributed by atoms with van der Waals surface area (Å²) in [7, 11) is 0. The zero-order valence-electron chi connectivity index (χ0n) is 12.0. The second-order valence-corrected chi connectivity index (χ2v) is 5.13. The standard InChI is InChI=1S/C15H18N4O2.ClH/c16-13-14(20)18-9-19-15(13)21-11-5-3-4-10(8-11)12-6-1-2-7-17-12;/h3-5,8-9,12,17H,1-2,6-7,16H2,(H,18,19,20);1H. The summed E-state index contributed by atoms with van der Waals surface area (Å²) < 4.78 is 5.64. The van der Waals surface area contributed by atoms with Crippen LogP contribution < -0.4 is 21.3 Å². The SMILES string of the molecule is Cl.Nc1c(Oc2cccc(C3CCCCN3)c2)nc[nH]c1=O. The Labute approximate surface area is 134 Å². The van der Waals surface area contributed by atoms with Crippen LogP contribution in [-0.2, 0) is 0 Å². The van der Waals surface area contributed by atoms with Gasteiger partial charge in [0.15, 0.2) is 5.69 Å². The van der Waals surface area contributed by atoms with E-state index < -0.39 is 5.56 Å². The van der Waals surface area contributed by atoms with E-state index in [9.17, 15) is 4.79 Å². The molecule has 1 atom stereocenters. The summed E-state index contributed by atoms with van der Waals surface area (Å²) in [5.41, 5.74) is 6.43. The molecule has 1 aliphatic heterocycles. The lowest BCUT2D eigenvalue weighted by Crippen LogP contribution is -2.26. The van der Waals surface area contributed by atoms with Crippen molar-refractivity contribution in [1.82, 2.24) is 15.3 Å². The number of hydrogen-bond acceptors (Lipinski definition) is 5. The number of aromatic amines is 1. The van der Waals surface area contributed by atoms with Crippen LogP contribution in [0.3, 0.4) is 0 Å². The molecule has 1 aliphatic rings. The van der Waals surface area contributed by atoms with Crippen molar-refractivity contribution in [2.75, 3.05) is 12.3 Å². The maximum absolute atomic E-state index is 11.4. The Kier molecular flexibility index (Phi) is 5.41. The molecule has 1 saturated heterocycles. The highest BCUT2D eigenvalue weighted by atomic mass is 35.5. The van der Waals surface area contributed by atoms with Crippen molar-refractivity contribution in [2.45, 2.75) is 25.3 Å². The highest BCUT2D eigenvalue weighted by Gasteiger charge is 2.15. The van der Waals surface area contributed by atoms with E-state index in [2.05, 4.69) is 21.4 Å². The third kappa shape index (κ3) is 3.58. The first kappa shape index (κ1) is 16.3. The molecule has 2 heterocycles. The van der Waals surface area contributed by atoms with Gasteiger partial charge in [-0.2, -0.15) is 0 Å². The summed E-state index contributed by atoms with van der Waals surface area (Å²) in [6.07, 6.45) is 4.85. The van der Waals surface area contributed by atoms with Crippen LogP contribution in [0, 0.1) is 0 Å². The summed E-state index contributed by atoms with van der Waals surface area (Å²) in [5, 5.41) is 3.50. The zero-order chi connectivity index (χ0) is 14.7. The average Bonchev–Trinajstić information content (AvgIpc) is 2.53. The second kappa shape index (κ2) is 7.29. The van der Waals surface area contributed by atoms with Crippen LogP contribution in [0.4, 0.5) is 5.69 Å². The largest absolute Gasteiger partial charge is 0.437 e. The Morgan fingerprint density at radius 2 is 2.18 bits per heavy atom. The van der Waals surface area contributed by atoms with E-state index in [4.69, 9.17) is 10.5 Å². The van der Waals surface area contributed by atoms with E-state index >= 15 is 0 Å². The fourth-order valence-electron chi connectivity index (χ4n) is 2.52. The normalized spacial score (nSPS) is 17.5. The van der Waals surface area contributed by atoms with Crippen molar-refractivity contribution >= 4 is 18.1 Å². The van der Waals surface area contributed by atoms with E-state index in [1.165, 1.54) is 24.7 Å². The van der Waals surface area contributed by atoms with Gasteiger partial charge < -0.3 is 20.8 Å². The van der Waals surface area contributed by atoms with Crippen molar-refractivity contribution in [1.29, 1.82) is 0 Å². The molecule has 118 valence electrons. The molecule has 0 spiro atoms. The van der Waals surface area contributed by atoms with Gasteiger partial charge in [0.25, 0.3) is 5.56 Å². The minimum absolute atomic E-state index is 0. The quantitative estimate of drug-likeness (QED) is 0.806. The lowest BCUT2D eigenvalue weighted by Gasteiger charge is -2.24. The van der Waals surface area contributed by atoms with Gasteiger partial charge in [-0.1, -0.05) is 18.6 Å². The van der Waals surface area contributed by atoms with Crippen LogP contribution >= 0.6 is 12.4 Å². The molecule has 1 aromatic heterocycles. The highest BCUT2D eigenvalue weighted by Crippen LogP contribution is 2.28. The molecular formula is C15H19ClN4O2. The van der Waals surface area contributed by atoms with Gasteiger partial charge >= 0.3 is 0 Å². The molecule has 0 radical (unpaired) electrons. The monoisotopic (exact) mass is 322 g/mol. The smallest absolute Gasteiger partial charge is 0.277 e. The number of hydrogen-bond donors (Lipinski definition) is 3. The first-order chi connectivity index (χ1) is 10.2. The fraction of sp³-hybridized carbons (Fsp3) is 0.333. The van der Waals surface area contributed by atoms with Gasteiger partial charge in [-0.3, -0.25) is 4.79 Å². The molecule has 1 fully saturated rings. The van der Waals surface area contributed by atoms with Crippen LogP contribution in [0.1, 0.15) is 30.9 Å². The fourth-order valence-corrected chi connectivity index (χ4v) is 2.52. The molecule has 1 aromatic carbocycles. The van der Waals surface area contributed by atoms with E-state index in [-0.39, 0.29) is 24.0 Å². The van der Waals surface area contributed by atoms with Crippen LogP contribution in [0.25, 0.3) is 0 Å². The van der Waals surface area contributed by atoms with Crippen molar-refractivity contribution in [2.24, 2.45) is 0 Å². The van der Waals surface area contributed by atoms with Crippen LogP contribution in [0.2, 0.25) is 0 Å². The molecule has 0 bridgehead atoms. The van der Waals surface area contributed by atoms with Gasteiger partial charge in [0, 0.05) is 6.04 Å². The number of nitrogens with two attached hydrogens (primary N) is 1. The summed E-state index contributed by atoms with van der Waals surface area (Å²) in [6, 6.07) is 8.15. The number of anilines is 1. The molecular weight excluding hydrogens is 304 g/mol. The number of aromatic nitrogens is 2. The Balaban J connectivity index is 0.00000176. The van der Waals surface area contributed by atoms with E-state index in [0.717, 1.165) is 13.0 Å². The van der Waals surface area contributed by atoms with E-state index in [0.29, 0.717) is 11.8 Å². The van der Waals surface area contributed by atoms with Crippen molar-refractivity contribution < 1.29 is 4.74 Å². The summed E-state index contributed by atoms with van der Waals surface area (Å²) in [6.45, 7) is 1.04. The molecule has 0 saturated carbocycles. The zero-order valence-corrected chi connectivity index (χ0v) is 12.9. The van der Waals surface area contributed by atoms with Gasteiger partial charge in [0.05, 0.1) is 6.33 Å². The number of ether oxygens (including phenoxy) is 1. The number of nitrogen functional groups attached to an aromatic ring is 1. The van der Waals surface area contributed by atoms with Gasteiger partial charge in [-0.05, 0) is 37.1 Å². The lowest BCUT2D eigenvalue weighted by molar-refractivity contribution is 0.409. The second-order valence-electron chi connectivity index (χ2n) is 5.13. The Morgan fingerprint density at radius 3 is 2.95 bits per heavy atom. The van der Waals surface area contributed by atoms with Crippen molar-refractivity contribution in [3.05, 3.63) is 46.5 Å². The number of benzene rings is 1. The Hall–Kier alpha value is -2.05. The first-order valence-electron chi connectivity index (χ1n) is 7.08. The van der Waals surface area contributed by atoms with Gasteiger partial charge in [0.2, 0.25) is 5.88 Å². The molecule has 0 aliphatic carbocycles. The predicted molar refractivity (Wildman–Crippen MR) is 87.6 cm³/mol. The molecule has 1 unspecified atom stereocenters. The number of piperidine rings is 1. The number of nitrogens with one attached hydrogen (secondary N) is 2.